The van der Waals surface area contributed by atoms with Gasteiger partial charge in [0.25, 0.3) is 0 Å². The van der Waals surface area contributed by atoms with E-state index in [9.17, 15) is 9.59 Å². The minimum absolute atomic E-state index is 0.0106. The molecule has 0 heterocycles. The van der Waals surface area contributed by atoms with Crippen LogP contribution < -0.4 is 18.9 Å². The molecule has 0 spiro atoms. The predicted molar refractivity (Wildman–Crippen MR) is 263 cm³/mol. The monoisotopic (exact) mass is 1590 g/mol. The molecular formula is C35H22I8O8. The molecule has 0 bridgehead atoms. The number of hydrogen-bond acceptors (Lipinski definition) is 7. The summed E-state index contributed by atoms with van der Waals surface area (Å²) < 4.78 is 35.2. The zero-order valence-corrected chi connectivity index (χ0v) is 43.2. The molecule has 4 aromatic rings. The molecule has 0 aliphatic carbocycles. The minimum Gasteiger partial charge on any atom is -0.481 e. The van der Waals surface area contributed by atoms with Crippen LogP contribution in [0.15, 0.2) is 48.5 Å². The molecule has 0 aliphatic rings. The second kappa shape index (κ2) is 22.5. The number of ether oxygens (including phenoxy) is 5. The van der Waals surface area contributed by atoms with Gasteiger partial charge < -0.3 is 28.8 Å². The second-order valence-electron chi connectivity index (χ2n) is 9.72. The summed E-state index contributed by atoms with van der Waals surface area (Å²) in [5.74, 6) is 8.16. The number of aliphatic carboxylic acids is 1. The maximum atomic E-state index is 11.5. The maximum Gasteiger partial charge on any atom is 0.309 e. The van der Waals surface area contributed by atoms with E-state index in [0.29, 0.717) is 17.2 Å². The van der Waals surface area contributed by atoms with Crippen molar-refractivity contribution in [3.8, 4) is 59.2 Å². The van der Waals surface area contributed by atoms with E-state index in [1.165, 1.54) is 7.11 Å². The molecule has 0 saturated carbocycles. The van der Waals surface area contributed by atoms with E-state index in [-0.39, 0.29) is 32.0 Å². The summed E-state index contributed by atoms with van der Waals surface area (Å²) in [6.45, 7) is 0.441. The Balaban J connectivity index is 0.000000276. The van der Waals surface area contributed by atoms with Gasteiger partial charge in [-0.3, -0.25) is 9.59 Å². The van der Waals surface area contributed by atoms with Crippen LogP contribution in [0.4, 0.5) is 0 Å². The fraction of sp³-hybridized carbons (Fsp3) is 0.143. The Morgan fingerprint density at radius 2 is 0.882 bits per heavy atom. The van der Waals surface area contributed by atoms with Crippen LogP contribution in [0.3, 0.4) is 0 Å². The highest BCUT2D eigenvalue weighted by Crippen LogP contribution is 2.39. The fourth-order valence-electron chi connectivity index (χ4n) is 3.97. The van der Waals surface area contributed by atoms with E-state index in [0.717, 1.165) is 56.9 Å². The van der Waals surface area contributed by atoms with Gasteiger partial charge in [0.15, 0.2) is 11.5 Å². The fourth-order valence-corrected chi connectivity index (χ4v) is 12.2. The quantitative estimate of drug-likeness (QED) is 0.0851. The highest BCUT2D eigenvalue weighted by molar-refractivity contribution is 14.1. The molecule has 0 aromatic heterocycles. The van der Waals surface area contributed by atoms with E-state index in [2.05, 4.69) is 193 Å². The van der Waals surface area contributed by atoms with Crippen molar-refractivity contribution in [3.63, 3.8) is 0 Å². The van der Waals surface area contributed by atoms with Gasteiger partial charge in [0.2, 0.25) is 0 Å². The summed E-state index contributed by atoms with van der Waals surface area (Å²) in [4.78, 5) is 22.4. The predicted octanol–water partition coefficient (Wildman–Crippen LogP) is 11.2. The third-order valence-electron chi connectivity index (χ3n) is 6.03. The molecule has 51 heavy (non-hydrogen) atoms. The summed E-state index contributed by atoms with van der Waals surface area (Å²) in [6.07, 6.45) is 10.7. The van der Waals surface area contributed by atoms with Gasteiger partial charge in [0.05, 0.1) is 48.5 Å². The van der Waals surface area contributed by atoms with Crippen LogP contribution in [0.5, 0.6) is 34.5 Å². The van der Waals surface area contributed by atoms with Crippen molar-refractivity contribution in [1.82, 2.24) is 0 Å². The summed E-state index contributed by atoms with van der Waals surface area (Å²) in [5, 5.41) is 8.94. The lowest BCUT2D eigenvalue weighted by Gasteiger charge is -2.14. The average molecular weight is 1590 g/mol. The van der Waals surface area contributed by atoms with Crippen LogP contribution in [0.25, 0.3) is 0 Å². The summed E-state index contributed by atoms with van der Waals surface area (Å²) in [5.41, 5.74) is 1.64. The molecule has 0 radical (unpaired) electrons. The number of carbonyl (C=O) groups excluding carboxylic acids is 1. The van der Waals surface area contributed by atoms with Crippen molar-refractivity contribution >= 4 is 193 Å². The van der Waals surface area contributed by atoms with Gasteiger partial charge in [0, 0.05) is 0 Å². The standard InChI is InChI=1S/C18H12I4O4.C17H10I4O4/c1-3-4-25-17-14(21)8-11(9-15(17)22)26-18-12(19)5-10(6-13(18)20)7-16(23)24-2;1-2-3-24-16-13(20)7-10(8-14(16)21)25-17-11(18)4-9(5-12(17)19)6-15(22)23/h1,5-6,8-9H,4,7H2,2H3;1,4-5,7-8H,3,6H2,(H,22,23). The number of methoxy groups -OCH3 is 1. The molecule has 16 heteroatoms. The zero-order chi connectivity index (χ0) is 37.8. The van der Waals surface area contributed by atoms with Gasteiger partial charge in [-0.25, -0.2) is 0 Å². The number of carboxylic acid groups (broad SMARTS) is 1. The van der Waals surface area contributed by atoms with Gasteiger partial charge in [-0.2, -0.15) is 0 Å². The van der Waals surface area contributed by atoms with Crippen molar-refractivity contribution in [2.75, 3.05) is 20.3 Å². The van der Waals surface area contributed by atoms with Crippen molar-refractivity contribution in [1.29, 1.82) is 0 Å². The van der Waals surface area contributed by atoms with Crippen molar-refractivity contribution < 1.29 is 38.4 Å². The molecule has 8 nitrogen and oxygen atoms in total. The number of carbonyl (C=O) groups is 2. The van der Waals surface area contributed by atoms with E-state index < -0.39 is 5.97 Å². The number of rotatable bonds is 12. The molecule has 4 rings (SSSR count). The molecule has 0 saturated heterocycles. The van der Waals surface area contributed by atoms with Crippen molar-refractivity contribution in [3.05, 3.63) is 88.2 Å². The summed E-state index contributed by atoms with van der Waals surface area (Å²) in [6, 6.07) is 15.1. The van der Waals surface area contributed by atoms with Gasteiger partial charge in [0.1, 0.15) is 36.2 Å². The van der Waals surface area contributed by atoms with Gasteiger partial charge in [-0.15, -0.1) is 12.8 Å². The largest absolute Gasteiger partial charge is 0.481 e. The summed E-state index contributed by atoms with van der Waals surface area (Å²) >= 11 is 17.5. The Bertz CT molecular complexity index is 1930. The van der Waals surface area contributed by atoms with Crippen LogP contribution in [0, 0.1) is 53.2 Å². The molecule has 0 atom stereocenters. The second-order valence-corrected chi connectivity index (χ2v) is 19.0. The first-order valence-corrected chi connectivity index (χ1v) is 22.5. The Morgan fingerprint density at radius 3 is 1.18 bits per heavy atom. The van der Waals surface area contributed by atoms with Crippen LogP contribution in [0.2, 0.25) is 0 Å². The Kier molecular flexibility index (Phi) is 20.0. The van der Waals surface area contributed by atoms with E-state index >= 15 is 0 Å². The van der Waals surface area contributed by atoms with Crippen LogP contribution >= 0.6 is 181 Å². The molecule has 0 aliphatic heterocycles. The van der Waals surface area contributed by atoms with Crippen LogP contribution in [-0.4, -0.2) is 37.4 Å². The molecule has 0 fully saturated rings. The lowest BCUT2D eigenvalue weighted by molar-refractivity contribution is -0.140. The number of terminal acetylenes is 2. The van der Waals surface area contributed by atoms with E-state index in [4.69, 9.17) is 41.6 Å². The van der Waals surface area contributed by atoms with Crippen LogP contribution in [-0.2, 0) is 27.2 Å². The first kappa shape index (κ1) is 45.4. The molecular weight excluding hydrogens is 1560 g/mol. The topological polar surface area (TPSA) is 101 Å². The van der Waals surface area contributed by atoms with Crippen LogP contribution in [0.1, 0.15) is 11.1 Å². The SMILES string of the molecule is C#CCOc1c(I)cc(Oc2c(I)cc(CC(=O)O)cc2I)cc1I.C#CCOc1c(I)cc(Oc2c(I)cc(CC(=O)OC)cc2I)cc1I. The molecule has 266 valence electrons. The Labute approximate surface area is 404 Å². The highest BCUT2D eigenvalue weighted by atomic mass is 127. The van der Waals surface area contributed by atoms with Gasteiger partial charge in [-0.1, -0.05) is 11.8 Å². The van der Waals surface area contributed by atoms with Crippen molar-refractivity contribution in [2.45, 2.75) is 12.8 Å². The summed E-state index contributed by atoms with van der Waals surface area (Å²) in [7, 11) is 1.38. The number of halogens is 8. The minimum atomic E-state index is -0.855. The third kappa shape index (κ3) is 14.2. The van der Waals surface area contributed by atoms with E-state index in [1.807, 2.05) is 48.5 Å². The van der Waals surface area contributed by atoms with Gasteiger partial charge >= 0.3 is 11.9 Å². The maximum absolute atomic E-state index is 11.5. The average Bonchev–Trinajstić information content (AvgIpc) is 3.04. The molecule has 4 aromatic carbocycles. The number of benzene rings is 4. The molecule has 0 amide bonds. The molecule has 0 unspecified atom stereocenters. The Morgan fingerprint density at radius 1 is 0.569 bits per heavy atom. The molecule has 1 N–H and O–H groups in total. The van der Waals surface area contributed by atoms with Crippen molar-refractivity contribution in [2.24, 2.45) is 0 Å². The first-order valence-electron chi connectivity index (χ1n) is 13.9. The smallest absolute Gasteiger partial charge is 0.309 e. The lowest BCUT2D eigenvalue weighted by atomic mass is 10.1. The highest BCUT2D eigenvalue weighted by Gasteiger charge is 2.17. The number of esters is 1. The van der Waals surface area contributed by atoms with Gasteiger partial charge in [-0.05, 0) is 240 Å². The third-order valence-corrected chi connectivity index (χ3v) is 12.4. The Hall–Kier alpha value is -0.0200. The van der Waals surface area contributed by atoms with E-state index in [1.54, 1.807) is 0 Å². The number of carboxylic acids is 1. The lowest BCUT2D eigenvalue weighted by Crippen LogP contribution is -2.05. The zero-order valence-electron chi connectivity index (χ0n) is 25.9. The first-order chi connectivity index (χ1) is 24.2. The number of hydrogen-bond donors (Lipinski definition) is 1. The normalized spacial score (nSPS) is 10.2.